The van der Waals surface area contributed by atoms with Crippen LogP contribution in [0.4, 0.5) is 14.5 Å². The van der Waals surface area contributed by atoms with E-state index >= 15 is 0 Å². The van der Waals surface area contributed by atoms with Gasteiger partial charge in [-0.1, -0.05) is 0 Å². The van der Waals surface area contributed by atoms with Gasteiger partial charge in [0.15, 0.2) is 5.82 Å². The zero-order valence-electron chi connectivity index (χ0n) is 8.04. The van der Waals surface area contributed by atoms with Crippen LogP contribution in [0.3, 0.4) is 0 Å². The number of aryl methyl sites for hydroxylation is 1. The Balaban J connectivity index is 2.54. The summed E-state index contributed by atoms with van der Waals surface area (Å²) in [5.74, 6) is -1.29. The van der Waals surface area contributed by atoms with E-state index in [9.17, 15) is 8.78 Å². The lowest BCUT2D eigenvalue weighted by Crippen LogP contribution is -1.99. The minimum atomic E-state index is -0.669. The quantitative estimate of drug-likeness (QED) is 0.781. The van der Waals surface area contributed by atoms with Gasteiger partial charge in [0.25, 0.3) is 0 Å². The number of anilines is 1. The average Bonchev–Trinajstić information content (AvgIpc) is 2.46. The van der Waals surface area contributed by atoms with Crippen LogP contribution in [0.25, 0.3) is 5.69 Å². The van der Waals surface area contributed by atoms with Crippen molar-refractivity contribution in [2.45, 2.75) is 6.92 Å². The monoisotopic (exact) mass is 209 g/mol. The highest BCUT2D eigenvalue weighted by Gasteiger charge is 2.08. The molecule has 2 N–H and O–H groups in total. The third-order valence-electron chi connectivity index (χ3n) is 2.09. The average molecular weight is 209 g/mol. The van der Waals surface area contributed by atoms with E-state index < -0.39 is 11.6 Å². The first-order valence-electron chi connectivity index (χ1n) is 4.35. The molecule has 2 rings (SSSR count). The third kappa shape index (κ3) is 1.68. The largest absolute Gasteiger partial charge is 0.396 e. The molecule has 5 heteroatoms. The SMILES string of the molecule is Cc1nn(-c2ccc(F)cc2F)cc1N. The predicted octanol–water partition coefficient (Wildman–Crippen LogP) is 2.04. The summed E-state index contributed by atoms with van der Waals surface area (Å²) in [6, 6.07) is 3.30. The highest BCUT2D eigenvalue weighted by molar-refractivity contribution is 5.44. The molecule has 0 aliphatic rings. The van der Waals surface area contributed by atoms with Gasteiger partial charge < -0.3 is 5.73 Å². The first-order valence-corrected chi connectivity index (χ1v) is 4.35. The first-order chi connectivity index (χ1) is 7.08. The summed E-state index contributed by atoms with van der Waals surface area (Å²) in [4.78, 5) is 0. The molecule has 0 fully saturated rings. The molecule has 1 aromatic carbocycles. The zero-order chi connectivity index (χ0) is 11.0. The predicted molar refractivity (Wildman–Crippen MR) is 52.6 cm³/mol. The molecule has 3 nitrogen and oxygen atoms in total. The van der Waals surface area contributed by atoms with E-state index in [1.165, 1.54) is 23.0 Å². The van der Waals surface area contributed by atoms with Crippen LogP contribution < -0.4 is 5.73 Å². The normalized spacial score (nSPS) is 10.6. The minimum absolute atomic E-state index is 0.177. The second-order valence-electron chi connectivity index (χ2n) is 3.21. The molecule has 0 aliphatic heterocycles. The molecule has 0 unspecified atom stereocenters. The summed E-state index contributed by atoms with van der Waals surface area (Å²) in [7, 11) is 0. The Hall–Kier alpha value is -1.91. The molecule has 1 heterocycles. The molecule has 0 radical (unpaired) electrons. The van der Waals surface area contributed by atoms with Crippen LogP contribution in [-0.4, -0.2) is 9.78 Å². The van der Waals surface area contributed by atoms with Crippen LogP contribution in [0.5, 0.6) is 0 Å². The molecule has 78 valence electrons. The fourth-order valence-electron chi connectivity index (χ4n) is 1.26. The summed E-state index contributed by atoms with van der Waals surface area (Å²) in [6.07, 6.45) is 1.49. The van der Waals surface area contributed by atoms with Crippen molar-refractivity contribution in [3.8, 4) is 5.69 Å². The smallest absolute Gasteiger partial charge is 0.151 e. The van der Waals surface area contributed by atoms with Crippen molar-refractivity contribution in [1.29, 1.82) is 0 Å². The lowest BCUT2D eigenvalue weighted by Gasteiger charge is -2.02. The van der Waals surface area contributed by atoms with Gasteiger partial charge >= 0.3 is 0 Å². The second-order valence-corrected chi connectivity index (χ2v) is 3.21. The van der Waals surface area contributed by atoms with Crippen LogP contribution in [0.1, 0.15) is 5.69 Å². The molecule has 0 aliphatic carbocycles. The lowest BCUT2D eigenvalue weighted by molar-refractivity contribution is 0.573. The molecule has 0 spiro atoms. The van der Waals surface area contributed by atoms with E-state index in [-0.39, 0.29) is 5.69 Å². The standard InChI is InChI=1S/C10H9F2N3/c1-6-9(13)5-15(14-6)10-3-2-7(11)4-8(10)12/h2-5H,13H2,1H3. The summed E-state index contributed by atoms with van der Waals surface area (Å²) in [5.41, 5.74) is 6.84. The molecule has 0 atom stereocenters. The van der Waals surface area contributed by atoms with E-state index in [2.05, 4.69) is 5.10 Å². The number of hydrogen-bond acceptors (Lipinski definition) is 2. The van der Waals surface area contributed by atoms with Crippen LogP contribution >= 0.6 is 0 Å². The first kappa shape index (κ1) is 9.64. The maximum atomic E-state index is 13.3. The second kappa shape index (κ2) is 3.34. The van der Waals surface area contributed by atoms with Gasteiger partial charge in [-0.15, -0.1) is 0 Å². The molecule has 0 saturated carbocycles. The van der Waals surface area contributed by atoms with Crippen molar-refractivity contribution in [1.82, 2.24) is 9.78 Å². The van der Waals surface area contributed by atoms with Crippen LogP contribution in [-0.2, 0) is 0 Å². The van der Waals surface area contributed by atoms with Crippen LogP contribution in [0.2, 0.25) is 0 Å². The zero-order valence-corrected chi connectivity index (χ0v) is 8.04. The van der Waals surface area contributed by atoms with Gasteiger partial charge in [-0.3, -0.25) is 0 Å². The molecule has 1 aromatic heterocycles. The van der Waals surface area contributed by atoms with E-state index in [1.54, 1.807) is 6.92 Å². The highest BCUT2D eigenvalue weighted by atomic mass is 19.1. The van der Waals surface area contributed by atoms with E-state index in [1.807, 2.05) is 0 Å². The van der Waals surface area contributed by atoms with Gasteiger partial charge in [-0.2, -0.15) is 5.10 Å². The number of hydrogen-bond donors (Lipinski definition) is 1. The topological polar surface area (TPSA) is 43.8 Å². The number of halogens is 2. The van der Waals surface area contributed by atoms with Gasteiger partial charge in [-0.05, 0) is 19.1 Å². The van der Waals surface area contributed by atoms with Crippen molar-refractivity contribution in [2.75, 3.05) is 5.73 Å². The Kier molecular flexibility index (Phi) is 2.15. The Morgan fingerprint density at radius 3 is 2.60 bits per heavy atom. The van der Waals surface area contributed by atoms with Gasteiger partial charge in [0, 0.05) is 6.07 Å². The van der Waals surface area contributed by atoms with Gasteiger partial charge in [-0.25, -0.2) is 13.5 Å². The van der Waals surface area contributed by atoms with Crippen LogP contribution in [0.15, 0.2) is 24.4 Å². The maximum Gasteiger partial charge on any atom is 0.151 e. The summed E-state index contributed by atoms with van der Waals surface area (Å²) >= 11 is 0. The van der Waals surface area contributed by atoms with E-state index in [0.717, 1.165) is 6.07 Å². The molecule has 0 saturated heterocycles. The van der Waals surface area contributed by atoms with Gasteiger partial charge in [0.1, 0.15) is 11.5 Å². The Morgan fingerprint density at radius 2 is 2.07 bits per heavy atom. The van der Waals surface area contributed by atoms with E-state index in [4.69, 9.17) is 5.73 Å². The summed E-state index contributed by atoms with van der Waals surface area (Å²) in [5, 5.41) is 4.00. The molecule has 2 aromatic rings. The lowest BCUT2D eigenvalue weighted by atomic mass is 10.3. The number of nitrogens with two attached hydrogens (primary N) is 1. The fourth-order valence-corrected chi connectivity index (χ4v) is 1.26. The maximum absolute atomic E-state index is 13.3. The highest BCUT2D eigenvalue weighted by Crippen LogP contribution is 2.17. The minimum Gasteiger partial charge on any atom is -0.396 e. The van der Waals surface area contributed by atoms with Crippen molar-refractivity contribution in [3.05, 3.63) is 41.7 Å². The molecular formula is C10H9F2N3. The Labute approximate surface area is 85.1 Å². The fraction of sp³-hybridized carbons (Fsp3) is 0.100. The van der Waals surface area contributed by atoms with Crippen molar-refractivity contribution in [3.63, 3.8) is 0 Å². The van der Waals surface area contributed by atoms with Crippen molar-refractivity contribution < 1.29 is 8.78 Å². The van der Waals surface area contributed by atoms with Crippen LogP contribution in [0, 0.1) is 18.6 Å². The summed E-state index contributed by atoms with van der Waals surface area (Å²) < 4.78 is 27.3. The Morgan fingerprint density at radius 1 is 1.33 bits per heavy atom. The third-order valence-corrected chi connectivity index (χ3v) is 2.09. The molecule has 15 heavy (non-hydrogen) atoms. The van der Waals surface area contributed by atoms with Crippen molar-refractivity contribution >= 4 is 5.69 Å². The van der Waals surface area contributed by atoms with Gasteiger partial charge in [0.05, 0.1) is 17.6 Å². The molecule has 0 bridgehead atoms. The van der Waals surface area contributed by atoms with Crippen molar-refractivity contribution in [2.24, 2.45) is 0 Å². The van der Waals surface area contributed by atoms with E-state index in [0.29, 0.717) is 11.4 Å². The molecule has 0 amide bonds. The number of nitrogen functional groups attached to an aromatic ring is 1. The number of nitrogens with zero attached hydrogens (tertiary/aromatic N) is 2. The Bertz CT molecular complexity index is 486. The summed E-state index contributed by atoms with van der Waals surface area (Å²) in [6.45, 7) is 1.72. The molecular weight excluding hydrogens is 200 g/mol. The van der Waals surface area contributed by atoms with Gasteiger partial charge in [0.2, 0.25) is 0 Å². The number of aromatic nitrogens is 2. The number of benzene rings is 1. The number of rotatable bonds is 1.